The average Bonchev–Trinajstić information content (AvgIpc) is 2.38. The van der Waals surface area contributed by atoms with Crippen LogP contribution in [-0.2, 0) is 4.79 Å². The summed E-state index contributed by atoms with van der Waals surface area (Å²) >= 11 is 6.00. The maximum absolute atomic E-state index is 12.3. The Hall–Kier alpha value is -1.06. The van der Waals surface area contributed by atoms with Crippen LogP contribution in [-0.4, -0.2) is 30.4 Å². The minimum Gasteiger partial charge on any atom is -0.335 e. The lowest BCUT2D eigenvalue weighted by atomic mass is 10.00. The molecule has 1 aromatic rings. The third-order valence-corrected chi connectivity index (χ3v) is 3.86. The van der Waals surface area contributed by atoms with Crippen LogP contribution in [0.2, 0.25) is 5.02 Å². The molecule has 2 atom stereocenters. The van der Waals surface area contributed by atoms with E-state index < -0.39 is 0 Å². The number of carbonyl (C=O) groups excluding carboxylic acids is 1. The first-order valence-corrected chi connectivity index (χ1v) is 6.74. The molecule has 18 heavy (non-hydrogen) atoms. The summed E-state index contributed by atoms with van der Waals surface area (Å²) in [5, 5.41) is 3.80. The number of hydrogen-bond donors (Lipinski definition) is 1. The van der Waals surface area contributed by atoms with E-state index in [1.165, 1.54) is 0 Å². The first-order valence-electron chi connectivity index (χ1n) is 6.36. The third-order valence-electron chi connectivity index (χ3n) is 3.62. The van der Waals surface area contributed by atoms with E-state index in [4.69, 9.17) is 11.6 Å². The number of hydrogen-bond acceptors (Lipinski definition) is 2. The van der Waals surface area contributed by atoms with E-state index in [0.717, 1.165) is 24.9 Å². The number of amides is 1. The number of halogens is 1. The lowest BCUT2D eigenvalue weighted by molar-refractivity contribution is -0.138. The van der Waals surface area contributed by atoms with E-state index in [9.17, 15) is 4.79 Å². The van der Waals surface area contributed by atoms with E-state index in [2.05, 4.69) is 12.2 Å². The number of piperidine rings is 1. The van der Waals surface area contributed by atoms with Crippen molar-refractivity contribution in [3.8, 4) is 0 Å². The Bertz CT molecular complexity index is 436. The zero-order valence-corrected chi connectivity index (χ0v) is 11.6. The van der Waals surface area contributed by atoms with E-state index in [0.29, 0.717) is 5.02 Å². The van der Waals surface area contributed by atoms with Gasteiger partial charge in [-0.25, -0.2) is 0 Å². The SMILES string of the molecule is CNC1CCCN(C(C)c2cccc(Cl)c2)C1=O. The molecule has 1 aromatic carbocycles. The molecule has 0 radical (unpaired) electrons. The Morgan fingerprint density at radius 2 is 2.28 bits per heavy atom. The fourth-order valence-electron chi connectivity index (χ4n) is 2.50. The number of rotatable bonds is 3. The zero-order valence-electron chi connectivity index (χ0n) is 10.8. The van der Waals surface area contributed by atoms with Gasteiger partial charge in [0.05, 0.1) is 12.1 Å². The van der Waals surface area contributed by atoms with Crippen LogP contribution in [0, 0.1) is 0 Å². The highest BCUT2D eigenvalue weighted by atomic mass is 35.5. The summed E-state index contributed by atoms with van der Waals surface area (Å²) in [6.07, 6.45) is 1.97. The Kier molecular flexibility index (Phi) is 4.25. The summed E-state index contributed by atoms with van der Waals surface area (Å²) < 4.78 is 0. The minimum atomic E-state index is -0.0413. The lowest BCUT2D eigenvalue weighted by Gasteiger charge is -2.36. The van der Waals surface area contributed by atoms with Crippen LogP contribution in [0.5, 0.6) is 0 Å². The Morgan fingerprint density at radius 3 is 2.94 bits per heavy atom. The number of likely N-dealkylation sites (tertiary alicyclic amines) is 1. The molecule has 1 N–H and O–H groups in total. The molecule has 2 rings (SSSR count). The number of nitrogens with zero attached hydrogens (tertiary/aromatic N) is 1. The monoisotopic (exact) mass is 266 g/mol. The molecule has 1 fully saturated rings. The largest absolute Gasteiger partial charge is 0.335 e. The molecule has 1 aliphatic rings. The van der Waals surface area contributed by atoms with Crippen LogP contribution in [0.15, 0.2) is 24.3 Å². The summed E-state index contributed by atoms with van der Waals surface area (Å²) in [4.78, 5) is 14.2. The normalized spacial score (nSPS) is 22.1. The predicted octanol–water partition coefficient (Wildman–Crippen LogP) is 2.61. The van der Waals surface area contributed by atoms with Gasteiger partial charge in [-0.15, -0.1) is 0 Å². The van der Waals surface area contributed by atoms with Crippen molar-refractivity contribution >= 4 is 17.5 Å². The Morgan fingerprint density at radius 1 is 1.50 bits per heavy atom. The molecule has 1 heterocycles. The third kappa shape index (κ3) is 2.68. The van der Waals surface area contributed by atoms with Gasteiger partial charge >= 0.3 is 0 Å². The molecular formula is C14H19ClN2O. The average molecular weight is 267 g/mol. The van der Waals surface area contributed by atoms with Gasteiger partial charge in [0.2, 0.25) is 5.91 Å². The number of likely N-dealkylation sites (N-methyl/N-ethyl adjacent to an activating group) is 1. The van der Waals surface area contributed by atoms with Gasteiger partial charge in [0.25, 0.3) is 0 Å². The molecule has 4 heteroatoms. The minimum absolute atomic E-state index is 0.0413. The number of carbonyl (C=O) groups is 1. The van der Waals surface area contributed by atoms with Gasteiger partial charge in [0, 0.05) is 11.6 Å². The van der Waals surface area contributed by atoms with Crippen molar-refractivity contribution < 1.29 is 4.79 Å². The van der Waals surface area contributed by atoms with Gasteiger partial charge in [-0.2, -0.15) is 0 Å². The number of nitrogens with one attached hydrogen (secondary N) is 1. The van der Waals surface area contributed by atoms with Crippen molar-refractivity contribution in [1.82, 2.24) is 10.2 Å². The molecule has 0 spiro atoms. The summed E-state index contributed by atoms with van der Waals surface area (Å²) in [5.74, 6) is 0.191. The van der Waals surface area contributed by atoms with Crippen molar-refractivity contribution in [1.29, 1.82) is 0 Å². The van der Waals surface area contributed by atoms with Gasteiger partial charge in [0.1, 0.15) is 0 Å². The fourth-order valence-corrected chi connectivity index (χ4v) is 2.70. The molecule has 98 valence electrons. The molecule has 1 amide bonds. The standard InChI is InChI=1S/C14H19ClN2O/c1-10(11-5-3-6-12(15)9-11)17-8-4-7-13(16-2)14(17)18/h3,5-6,9-10,13,16H,4,7-8H2,1-2H3. The van der Waals surface area contributed by atoms with Crippen molar-refractivity contribution in [2.24, 2.45) is 0 Å². The van der Waals surface area contributed by atoms with Crippen LogP contribution < -0.4 is 5.32 Å². The van der Waals surface area contributed by atoms with Crippen LogP contribution >= 0.6 is 11.6 Å². The zero-order chi connectivity index (χ0) is 13.1. The van der Waals surface area contributed by atoms with Crippen molar-refractivity contribution in [2.45, 2.75) is 31.8 Å². The molecular weight excluding hydrogens is 248 g/mol. The van der Waals surface area contributed by atoms with Crippen LogP contribution in [0.1, 0.15) is 31.4 Å². The summed E-state index contributed by atoms with van der Waals surface area (Å²) in [6, 6.07) is 7.77. The Balaban J connectivity index is 2.17. The van der Waals surface area contributed by atoms with E-state index in [1.54, 1.807) is 0 Å². The highest BCUT2D eigenvalue weighted by molar-refractivity contribution is 6.30. The molecule has 0 aromatic heterocycles. The van der Waals surface area contributed by atoms with Crippen molar-refractivity contribution in [3.63, 3.8) is 0 Å². The highest BCUT2D eigenvalue weighted by Gasteiger charge is 2.30. The van der Waals surface area contributed by atoms with E-state index >= 15 is 0 Å². The molecule has 1 aliphatic heterocycles. The van der Waals surface area contributed by atoms with Crippen molar-refractivity contribution in [2.75, 3.05) is 13.6 Å². The van der Waals surface area contributed by atoms with E-state index in [-0.39, 0.29) is 18.0 Å². The maximum Gasteiger partial charge on any atom is 0.240 e. The smallest absolute Gasteiger partial charge is 0.240 e. The predicted molar refractivity (Wildman–Crippen MR) is 73.7 cm³/mol. The Labute approximate surface area is 113 Å². The van der Waals surface area contributed by atoms with Crippen LogP contribution in [0.25, 0.3) is 0 Å². The molecule has 0 aliphatic carbocycles. The summed E-state index contributed by atoms with van der Waals surface area (Å²) in [6.45, 7) is 2.88. The number of benzene rings is 1. The molecule has 3 nitrogen and oxygen atoms in total. The molecule has 0 bridgehead atoms. The first-order chi connectivity index (χ1) is 8.63. The lowest BCUT2D eigenvalue weighted by Crippen LogP contribution is -2.50. The topological polar surface area (TPSA) is 32.3 Å². The quantitative estimate of drug-likeness (QED) is 0.912. The molecule has 0 saturated carbocycles. The van der Waals surface area contributed by atoms with Gasteiger partial charge in [-0.05, 0) is 44.5 Å². The van der Waals surface area contributed by atoms with Gasteiger partial charge in [-0.3, -0.25) is 4.79 Å². The van der Waals surface area contributed by atoms with Crippen LogP contribution in [0.3, 0.4) is 0 Å². The second-order valence-electron chi connectivity index (χ2n) is 4.75. The maximum atomic E-state index is 12.3. The van der Waals surface area contributed by atoms with Crippen LogP contribution in [0.4, 0.5) is 0 Å². The van der Waals surface area contributed by atoms with E-state index in [1.807, 2.05) is 36.2 Å². The highest BCUT2D eigenvalue weighted by Crippen LogP contribution is 2.26. The summed E-state index contributed by atoms with van der Waals surface area (Å²) in [5.41, 5.74) is 1.09. The fraction of sp³-hybridized carbons (Fsp3) is 0.500. The van der Waals surface area contributed by atoms with Crippen molar-refractivity contribution in [3.05, 3.63) is 34.9 Å². The van der Waals surface area contributed by atoms with Gasteiger partial charge in [-0.1, -0.05) is 23.7 Å². The molecule has 2 unspecified atom stereocenters. The second kappa shape index (κ2) is 5.72. The van der Waals surface area contributed by atoms with Gasteiger partial charge < -0.3 is 10.2 Å². The molecule has 1 saturated heterocycles. The second-order valence-corrected chi connectivity index (χ2v) is 5.18. The summed E-state index contributed by atoms with van der Waals surface area (Å²) in [7, 11) is 1.84. The first kappa shape index (κ1) is 13.4. The van der Waals surface area contributed by atoms with Gasteiger partial charge in [0.15, 0.2) is 0 Å².